The maximum absolute atomic E-state index is 11.2. The molecule has 0 saturated heterocycles. The van der Waals surface area contributed by atoms with Crippen LogP contribution in [-0.2, 0) is 22.1 Å². The fourth-order valence-electron chi connectivity index (χ4n) is 1.51. The Morgan fingerprint density at radius 3 is 2.56 bits per heavy atom. The molecule has 0 bridgehead atoms. The van der Waals surface area contributed by atoms with Gasteiger partial charge in [0, 0.05) is 29.4 Å². The lowest BCUT2D eigenvalue weighted by Gasteiger charge is -2.05. The zero-order valence-electron chi connectivity index (χ0n) is 10.8. The highest BCUT2D eigenvalue weighted by atomic mass is 32.2. The Bertz CT molecular complexity index is 403. The van der Waals surface area contributed by atoms with E-state index < -0.39 is 10.8 Å². The number of hydrogen-bond donors (Lipinski definition) is 1. The second kappa shape index (κ2) is 8.00. The van der Waals surface area contributed by atoms with Gasteiger partial charge in [-0.15, -0.1) is 0 Å². The average Bonchev–Trinajstić information content (AvgIpc) is 2.38. The van der Waals surface area contributed by atoms with E-state index in [0.29, 0.717) is 5.56 Å². The van der Waals surface area contributed by atoms with E-state index in [1.807, 2.05) is 12.1 Å². The third-order valence-corrected chi connectivity index (χ3v) is 3.35. The van der Waals surface area contributed by atoms with Crippen molar-refractivity contribution in [3.05, 3.63) is 35.4 Å². The molecule has 0 aromatic heterocycles. The lowest BCUT2D eigenvalue weighted by molar-refractivity contribution is 0.0600. The van der Waals surface area contributed by atoms with E-state index in [1.54, 1.807) is 18.4 Å². The van der Waals surface area contributed by atoms with Gasteiger partial charge in [-0.3, -0.25) is 4.21 Å². The number of hydrogen-bond acceptors (Lipinski definition) is 4. The van der Waals surface area contributed by atoms with Gasteiger partial charge in [-0.05, 0) is 30.7 Å². The SMILES string of the molecule is COC(=O)c1ccc(CNCCCS(C)=O)cc1. The van der Waals surface area contributed by atoms with Gasteiger partial charge in [-0.1, -0.05) is 12.1 Å². The molecule has 4 nitrogen and oxygen atoms in total. The molecule has 5 heteroatoms. The average molecular weight is 269 g/mol. The number of nitrogens with one attached hydrogen (secondary N) is 1. The smallest absolute Gasteiger partial charge is 0.337 e. The van der Waals surface area contributed by atoms with Crippen molar-refractivity contribution in [3.63, 3.8) is 0 Å². The Labute approximate surface area is 110 Å². The molecule has 0 heterocycles. The van der Waals surface area contributed by atoms with E-state index in [1.165, 1.54) is 7.11 Å². The summed E-state index contributed by atoms with van der Waals surface area (Å²) in [6.07, 6.45) is 2.62. The first-order valence-electron chi connectivity index (χ1n) is 5.81. The summed E-state index contributed by atoms with van der Waals surface area (Å²) < 4.78 is 15.5. The van der Waals surface area contributed by atoms with Gasteiger partial charge >= 0.3 is 5.97 Å². The molecule has 18 heavy (non-hydrogen) atoms. The lowest BCUT2D eigenvalue weighted by atomic mass is 10.1. The molecule has 0 saturated carbocycles. The molecular formula is C13H19NO3S. The van der Waals surface area contributed by atoms with Crippen molar-refractivity contribution >= 4 is 16.8 Å². The van der Waals surface area contributed by atoms with Crippen molar-refractivity contribution < 1.29 is 13.7 Å². The highest BCUT2D eigenvalue weighted by Crippen LogP contribution is 2.05. The Hall–Kier alpha value is -1.20. The summed E-state index contributed by atoms with van der Waals surface area (Å²) >= 11 is 0. The summed E-state index contributed by atoms with van der Waals surface area (Å²) in [5.74, 6) is 0.411. The molecule has 0 amide bonds. The second-order valence-electron chi connectivity index (χ2n) is 4.00. The largest absolute Gasteiger partial charge is 0.465 e. The van der Waals surface area contributed by atoms with Gasteiger partial charge in [0.15, 0.2) is 0 Å². The first-order chi connectivity index (χ1) is 8.63. The summed E-state index contributed by atoms with van der Waals surface area (Å²) in [4.78, 5) is 11.2. The lowest BCUT2D eigenvalue weighted by Crippen LogP contribution is -2.16. The predicted octanol–water partition coefficient (Wildman–Crippen LogP) is 1.33. The molecule has 0 fully saturated rings. The minimum absolute atomic E-state index is 0.320. The quantitative estimate of drug-likeness (QED) is 0.599. The Kier molecular flexibility index (Phi) is 6.60. The minimum Gasteiger partial charge on any atom is -0.465 e. The fraction of sp³-hybridized carbons (Fsp3) is 0.462. The number of ether oxygens (including phenoxy) is 1. The Morgan fingerprint density at radius 2 is 2.00 bits per heavy atom. The molecule has 1 atom stereocenters. The summed E-state index contributed by atoms with van der Waals surface area (Å²) in [5.41, 5.74) is 1.67. The number of benzene rings is 1. The second-order valence-corrected chi connectivity index (χ2v) is 5.55. The summed E-state index contributed by atoms with van der Waals surface area (Å²) in [6, 6.07) is 7.31. The minimum atomic E-state index is -0.714. The number of esters is 1. The molecule has 1 N–H and O–H groups in total. The van der Waals surface area contributed by atoms with Crippen LogP contribution in [-0.4, -0.2) is 35.8 Å². The van der Waals surface area contributed by atoms with Crippen LogP contribution in [0.2, 0.25) is 0 Å². The molecule has 1 aromatic carbocycles. The first-order valence-corrected chi connectivity index (χ1v) is 7.54. The topological polar surface area (TPSA) is 55.4 Å². The van der Waals surface area contributed by atoms with E-state index in [-0.39, 0.29) is 5.97 Å². The van der Waals surface area contributed by atoms with Gasteiger partial charge in [0.1, 0.15) is 0 Å². The number of carbonyl (C=O) groups excluding carboxylic acids is 1. The summed E-state index contributed by atoms with van der Waals surface area (Å²) in [5, 5.41) is 3.27. The summed E-state index contributed by atoms with van der Waals surface area (Å²) in [6.45, 7) is 1.59. The third kappa shape index (κ3) is 5.42. The van der Waals surface area contributed by atoms with Gasteiger partial charge in [-0.2, -0.15) is 0 Å². The molecule has 0 aliphatic carbocycles. The molecule has 0 aliphatic rings. The van der Waals surface area contributed by atoms with E-state index in [9.17, 15) is 9.00 Å². The van der Waals surface area contributed by atoms with Crippen molar-refractivity contribution in [3.8, 4) is 0 Å². The number of methoxy groups -OCH3 is 1. The van der Waals surface area contributed by atoms with Crippen molar-refractivity contribution in [2.45, 2.75) is 13.0 Å². The number of carbonyl (C=O) groups is 1. The van der Waals surface area contributed by atoms with Crippen molar-refractivity contribution in [2.24, 2.45) is 0 Å². The molecule has 1 unspecified atom stereocenters. The molecular weight excluding hydrogens is 250 g/mol. The van der Waals surface area contributed by atoms with Crippen LogP contribution in [0.5, 0.6) is 0 Å². The maximum atomic E-state index is 11.2. The van der Waals surface area contributed by atoms with Crippen molar-refractivity contribution in [1.82, 2.24) is 5.32 Å². The first kappa shape index (κ1) is 14.9. The van der Waals surface area contributed by atoms with Crippen LogP contribution < -0.4 is 5.32 Å². The standard InChI is InChI=1S/C13H19NO3S/c1-17-13(15)12-6-4-11(5-7-12)10-14-8-3-9-18(2)16/h4-7,14H,3,8-10H2,1-2H3. The zero-order valence-corrected chi connectivity index (χ0v) is 11.6. The Balaban J connectivity index is 2.31. The van der Waals surface area contributed by atoms with Gasteiger partial charge in [0.25, 0.3) is 0 Å². The number of rotatable bonds is 7. The maximum Gasteiger partial charge on any atom is 0.337 e. The molecule has 0 spiro atoms. The van der Waals surface area contributed by atoms with Gasteiger partial charge in [0.05, 0.1) is 12.7 Å². The van der Waals surface area contributed by atoms with Gasteiger partial charge in [-0.25, -0.2) is 4.79 Å². The van der Waals surface area contributed by atoms with Crippen molar-refractivity contribution in [1.29, 1.82) is 0 Å². The van der Waals surface area contributed by atoms with Crippen molar-refractivity contribution in [2.75, 3.05) is 25.7 Å². The van der Waals surface area contributed by atoms with Crippen LogP contribution in [0, 0.1) is 0 Å². The third-order valence-electron chi connectivity index (χ3n) is 2.49. The molecule has 100 valence electrons. The van der Waals surface area contributed by atoms with Crippen LogP contribution >= 0.6 is 0 Å². The highest BCUT2D eigenvalue weighted by molar-refractivity contribution is 7.84. The summed E-state index contributed by atoms with van der Waals surface area (Å²) in [7, 11) is 0.656. The van der Waals surface area contributed by atoms with Crippen LogP contribution in [0.25, 0.3) is 0 Å². The predicted molar refractivity (Wildman–Crippen MR) is 73.0 cm³/mol. The van der Waals surface area contributed by atoms with E-state index >= 15 is 0 Å². The van der Waals surface area contributed by atoms with Crippen LogP contribution in [0.3, 0.4) is 0 Å². The fourth-order valence-corrected chi connectivity index (χ4v) is 2.06. The highest BCUT2D eigenvalue weighted by Gasteiger charge is 2.03. The van der Waals surface area contributed by atoms with E-state index in [4.69, 9.17) is 0 Å². The molecule has 1 aromatic rings. The van der Waals surface area contributed by atoms with Gasteiger partial charge < -0.3 is 10.1 Å². The van der Waals surface area contributed by atoms with E-state index in [0.717, 1.165) is 30.8 Å². The van der Waals surface area contributed by atoms with Gasteiger partial charge in [0.2, 0.25) is 0 Å². The molecule has 0 radical (unpaired) electrons. The van der Waals surface area contributed by atoms with Crippen LogP contribution in [0.15, 0.2) is 24.3 Å². The van der Waals surface area contributed by atoms with Crippen LogP contribution in [0.4, 0.5) is 0 Å². The van der Waals surface area contributed by atoms with Crippen LogP contribution in [0.1, 0.15) is 22.3 Å². The monoisotopic (exact) mass is 269 g/mol. The Morgan fingerprint density at radius 1 is 1.33 bits per heavy atom. The normalized spacial score (nSPS) is 12.1. The van der Waals surface area contributed by atoms with E-state index in [2.05, 4.69) is 10.1 Å². The molecule has 0 aliphatic heterocycles. The zero-order chi connectivity index (χ0) is 13.4. The molecule has 1 rings (SSSR count).